The number of rotatable bonds is 9. The molecule has 2 aromatic rings. The smallest absolute Gasteiger partial charge is 0.433 e. The highest BCUT2D eigenvalue weighted by molar-refractivity contribution is 7.46. The summed E-state index contributed by atoms with van der Waals surface area (Å²) in [5, 5.41) is 6.57. The molecule has 18 heteroatoms. The molecular weight excluding hydrogens is 661 g/mol. The van der Waals surface area contributed by atoms with Crippen molar-refractivity contribution in [1.82, 2.24) is 14.8 Å². The fraction of sp³-hybridized carbons (Fsp3) is 0.500. The van der Waals surface area contributed by atoms with Gasteiger partial charge in [-0.2, -0.15) is 0 Å². The van der Waals surface area contributed by atoms with Crippen molar-refractivity contribution in [2.75, 3.05) is 19.8 Å². The predicted molar refractivity (Wildman–Crippen MR) is 162 cm³/mol. The number of amides is 2. The van der Waals surface area contributed by atoms with Gasteiger partial charge in [-0.25, -0.2) is 18.1 Å². The van der Waals surface area contributed by atoms with E-state index in [4.69, 9.17) is 24.1 Å². The number of nitrogens with zero attached hydrogens (tertiary/aromatic N) is 3. The normalized spacial score (nSPS) is 22.0. The monoisotopic (exact) mass is 696 g/mol. The molecule has 260 valence electrons. The van der Waals surface area contributed by atoms with Gasteiger partial charge in [0.15, 0.2) is 11.3 Å². The Bertz CT molecular complexity index is 1790. The van der Waals surface area contributed by atoms with Crippen LogP contribution in [0, 0.1) is 17.0 Å². The standard InChI is InChI=1S/C30H35F2N4O11P/c1-16-10-30(47-34-16)8-7-17(2)35-13-22(30)36-12-20(26(38)33-11-18-5-6-19(31)9-21(18)32)24(37)25(23(36)27(35)39)46-28(40)44-14-29(3,4)15-45-48(41,42)43/h5-6,9,12,17,22H,7-8,10-11,13-15H2,1-4H3,(H,33,38)(H2,41,42,43)/t17-,22+,30-/m0/s1. The van der Waals surface area contributed by atoms with Crippen molar-refractivity contribution in [2.45, 2.75) is 71.2 Å². The van der Waals surface area contributed by atoms with Crippen molar-refractivity contribution in [3.8, 4) is 5.75 Å². The van der Waals surface area contributed by atoms with Crippen molar-refractivity contribution in [3.05, 3.63) is 63.1 Å². The van der Waals surface area contributed by atoms with E-state index < -0.39 is 91.0 Å². The number of carbonyl (C=O) groups is 3. The summed E-state index contributed by atoms with van der Waals surface area (Å²) in [5.41, 5.74) is -3.49. The van der Waals surface area contributed by atoms with Gasteiger partial charge in [-0.15, -0.1) is 0 Å². The lowest BCUT2D eigenvalue weighted by Crippen LogP contribution is -2.52. The highest BCUT2D eigenvalue weighted by Gasteiger charge is 2.54. The first-order valence-electron chi connectivity index (χ1n) is 15.0. The summed E-state index contributed by atoms with van der Waals surface area (Å²) >= 11 is 0. The summed E-state index contributed by atoms with van der Waals surface area (Å²) in [4.78, 5) is 79.9. The summed E-state index contributed by atoms with van der Waals surface area (Å²) in [5.74, 6) is -4.20. The number of nitrogens with one attached hydrogen (secondary N) is 1. The Morgan fingerprint density at radius 2 is 1.96 bits per heavy atom. The van der Waals surface area contributed by atoms with E-state index in [-0.39, 0.29) is 23.8 Å². The number of carbonyl (C=O) groups excluding carboxylic acids is 3. The molecule has 0 unspecified atom stereocenters. The molecule has 4 heterocycles. The van der Waals surface area contributed by atoms with E-state index in [1.165, 1.54) is 29.5 Å². The largest absolute Gasteiger partial charge is 0.514 e. The summed E-state index contributed by atoms with van der Waals surface area (Å²) in [7, 11) is -4.82. The molecule has 1 aromatic carbocycles. The van der Waals surface area contributed by atoms with Crippen LogP contribution in [0.4, 0.5) is 13.6 Å². The molecule has 0 saturated carbocycles. The number of pyridine rings is 1. The van der Waals surface area contributed by atoms with Crippen LogP contribution < -0.4 is 15.5 Å². The minimum absolute atomic E-state index is 0.0669. The minimum Gasteiger partial charge on any atom is -0.433 e. The van der Waals surface area contributed by atoms with E-state index in [0.29, 0.717) is 31.0 Å². The third-order valence-electron chi connectivity index (χ3n) is 8.51. The van der Waals surface area contributed by atoms with Crippen LogP contribution in [0.3, 0.4) is 0 Å². The molecule has 3 atom stereocenters. The fourth-order valence-electron chi connectivity index (χ4n) is 5.97. The van der Waals surface area contributed by atoms with Gasteiger partial charge < -0.3 is 38.9 Å². The Morgan fingerprint density at radius 3 is 2.60 bits per heavy atom. The van der Waals surface area contributed by atoms with Gasteiger partial charge in [0.2, 0.25) is 11.2 Å². The van der Waals surface area contributed by atoms with Crippen molar-refractivity contribution in [1.29, 1.82) is 0 Å². The number of ether oxygens (including phenoxy) is 2. The maximum atomic E-state index is 14.3. The molecule has 15 nitrogen and oxygen atoms in total. The van der Waals surface area contributed by atoms with Gasteiger partial charge in [-0.1, -0.05) is 25.1 Å². The average molecular weight is 697 g/mol. The van der Waals surface area contributed by atoms with Crippen LogP contribution in [-0.2, 0) is 25.2 Å². The summed E-state index contributed by atoms with van der Waals surface area (Å²) in [6.45, 7) is 5.28. The molecule has 1 spiro atoms. The fourth-order valence-corrected chi connectivity index (χ4v) is 6.49. The molecule has 3 N–H and O–H groups in total. The lowest BCUT2D eigenvalue weighted by atomic mass is 9.84. The predicted octanol–water partition coefficient (Wildman–Crippen LogP) is 3.42. The zero-order valence-electron chi connectivity index (χ0n) is 26.5. The zero-order valence-corrected chi connectivity index (χ0v) is 27.4. The minimum atomic E-state index is -4.82. The lowest BCUT2D eigenvalue weighted by Gasteiger charge is -2.42. The number of fused-ring (bicyclic) bond motifs is 5. The van der Waals surface area contributed by atoms with Crippen LogP contribution in [0.25, 0.3) is 0 Å². The van der Waals surface area contributed by atoms with Crippen molar-refractivity contribution < 1.29 is 56.4 Å². The van der Waals surface area contributed by atoms with E-state index in [0.717, 1.165) is 12.1 Å². The van der Waals surface area contributed by atoms with Crippen molar-refractivity contribution in [3.63, 3.8) is 0 Å². The number of benzene rings is 1. The van der Waals surface area contributed by atoms with Crippen LogP contribution in [0.15, 0.2) is 34.3 Å². The van der Waals surface area contributed by atoms with E-state index in [1.807, 2.05) is 6.92 Å². The molecule has 1 aromatic heterocycles. The van der Waals surface area contributed by atoms with Gasteiger partial charge in [-0.3, -0.25) is 18.9 Å². The lowest BCUT2D eigenvalue weighted by molar-refractivity contribution is -0.0655. The Kier molecular flexibility index (Phi) is 9.54. The number of hydrogen-bond acceptors (Lipinski definition) is 10. The van der Waals surface area contributed by atoms with E-state index in [9.17, 15) is 32.5 Å². The van der Waals surface area contributed by atoms with Gasteiger partial charge in [0.1, 0.15) is 23.8 Å². The van der Waals surface area contributed by atoms with Crippen molar-refractivity contribution >= 4 is 31.5 Å². The molecule has 1 saturated heterocycles. The Morgan fingerprint density at radius 1 is 1.23 bits per heavy atom. The second kappa shape index (κ2) is 13.0. The second-order valence-electron chi connectivity index (χ2n) is 13.0. The van der Waals surface area contributed by atoms with E-state index >= 15 is 0 Å². The number of phosphoric acid groups is 1. The van der Waals surface area contributed by atoms with Crippen LogP contribution in [0.2, 0.25) is 0 Å². The topological polar surface area (TPSA) is 195 Å². The maximum absolute atomic E-state index is 14.3. The number of hydrogen-bond donors (Lipinski definition) is 3. The molecule has 3 aliphatic heterocycles. The van der Waals surface area contributed by atoms with Gasteiger partial charge >= 0.3 is 14.0 Å². The first-order valence-corrected chi connectivity index (χ1v) is 16.5. The van der Waals surface area contributed by atoms with Gasteiger partial charge in [0.25, 0.3) is 11.8 Å². The summed E-state index contributed by atoms with van der Waals surface area (Å²) < 4.78 is 55.2. The quantitative estimate of drug-likeness (QED) is 0.257. The Hall–Kier alpha value is -4.18. The van der Waals surface area contributed by atoms with Gasteiger partial charge in [0.05, 0.1) is 18.4 Å². The number of halogens is 2. The Balaban J connectivity index is 1.53. The van der Waals surface area contributed by atoms with Crippen LogP contribution in [-0.4, -0.2) is 74.3 Å². The van der Waals surface area contributed by atoms with Crippen LogP contribution in [0.1, 0.15) is 79.4 Å². The Labute approximate surface area is 273 Å². The van der Waals surface area contributed by atoms with Crippen LogP contribution in [0.5, 0.6) is 5.75 Å². The second-order valence-corrected chi connectivity index (χ2v) is 14.2. The molecule has 2 amide bonds. The molecular formula is C30H35F2N4O11P. The molecule has 0 aliphatic carbocycles. The summed E-state index contributed by atoms with van der Waals surface area (Å²) in [6.07, 6.45) is 1.09. The third-order valence-corrected chi connectivity index (χ3v) is 8.98. The zero-order chi connectivity index (χ0) is 35.2. The first kappa shape index (κ1) is 35.1. The molecule has 1 fully saturated rings. The molecule has 48 heavy (non-hydrogen) atoms. The van der Waals surface area contributed by atoms with E-state index in [1.54, 1.807) is 6.92 Å². The number of oxime groups is 1. The SMILES string of the molecule is CC1=NO[C@@]2(CC[C@H](C)N3C[C@H]2n2cc(C(=O)NCc4ccc(F)cc4F)c(=O)c(OC(=O)OCC(C)(C)COP(=O)(O)O)c2C3=O)C1. The van der Waals surface area contributed by atoms with Gasteiger partial charge in [0, 0.05) is 48.8 Å². The van der Waals surface area contributed by atoms with Crippen molar-refractivity contribution in [2.24, 2.45) is 10.6 Å². The average Bonchev–Trinajstić information content (AvgIpc) is 3.34. The summed E-state index contributed by atoms with van der Waals surface area (Å²) in [6, 6.07) is 1.77. The maximum Gasteiger partial charge on any atom is 0.514 e. The highest BCUT2D eigenvalue weighted by atomic mass is 31.2. The first-order chi connectivity index (χ1) is 22.4. The van der Waals surface area contributed by atoms with Crippen LogP contribution >= 0.6 is 7.82 Å². The molecule has 5 rings (SSSR count). The van der Waals surface area contributed by atoms with Gasteiger partial charge in [-0.05, 0) is 32.8 Å². The molecule has 2 bridgehead atoms. The highest BCUT2D eigenvalue weighted by Crippen LogP contribution is 2.46. The molecule has 3 aliphatic rings. The van der Waals surface area contributed by atoms with E-state index in [2.05, 4.69) is 15.0 Å². The number of phosphoric ester groups is 1. The third kappa shape index (κ3) is 7.28. The number of aromatic nitrogens is 1. The molecule has 0 radical (unpaired) electrons.